The molecule has 0 saturated heterocycles. The molecule has 0 aliphatic rings. The van der Waals surface area contributed by atoms with Crippen molar-refractivity contribution in [3.05, 3.63) is 11.6 Å². The van der Waals surface area contributed by atoms with Crippen LogP contribution in [0, 0.1) is 12.3 Å². The van der Waals surface area contributed by atoms with Crippen LogP contribution in [0.1, 0.15) is 20.8 Å². The zero-order valence-electron chi connectivity index (χ0n) is 8.31. The lowest BCUT2D eigenvalue weighted by Gasteiger charge is -2.20. The van der Waals surface area contributed by atoms with Gasteiger partial charge in [0.15, 0.2) is 0 Å². The van der Waals surface area contributed by atoms with Crippen molar-refractivity contribution in [1.29, 1.82) is 0 Å². The van der Waals surface area contributed by atoms with Crippen molar-refractivity contribution in [2.24, 2.45) is 0 Å². The Morgan fingerprint density at radius 1 is 1.50 bits per heavy atom. The molecule has 0 heterocycles. The van der Waals surface area contributed by atoms with E-state index in [0.717, 1.165) is 5.57 Å². The lowest BCUT2D eigenvalue weighted by atomic mass is 10.2. The van der Waals surface area contributed by atoms with Gasteiger partial charge in [-0.25, -0.2) is 0 Å². The molecule has 0 aliphatic heterocycles. The van der Waals surface area contributed by atoms with E-state index in [2.05, 4.69) is 30.4 Å². The molecule has 0 saturated carbocycles. The van der Waals surface area contributed by atoms with E-state index in [4.69, 9.17) is 6.42 Å². The summed E-state index contributed by atoms with van der Waals surface area (Å²) in [5, 5.41) is 6.42. The molecule has 0 aliphatic carbocycles. The first-order chi connectivity index (χ1) is 5.65. The second-order valence-electron chi connectivity index (χ2n) is 2.93. The Morgan fingerprint density at radius 3 is 2.33 bits per heavy atom. The van der Waals surface area contributed by atoms with Gasteiger partial charge in [-0.3, -0.25) is 5.32 Å². The van der Waals surface area contributed by atoms with Gasteiger partial charge in [-0.2, -0.15) is 0 Å². The fourth-order valence-corrected chi connectivity index (χ4v) is 0.995. The summed E-state index contributed by atoms with van der Waals surface area (Å²) in [4.78, 5) is 0. The highest BCUT2D eigenvalue weighted by Crippen LogP contribution is 1.98. The second-order valence-corrected chi connectivity index (χ2v) is 2.93. The monoisotopic (exact) mass is 166 g/mol. The van der Waals surface area contributed by atoms with E-state index >= 15 is 0 Å². The van der Waals surface area contributed by atoms with Gasteiger partial charge in [-0.15, -0.1) is 6.42 Å². The van der Waals surface area contributed by atoms with Crippen LogP contribution in [-0.2, 0) is 0 Å². The number of allylic oxidation sites excluding steroid dienone is 1. The number of nitrogens with one attached hydrogen (secondary N) is 2. The van der Waals surface area contributed by atoms with Gasteiger partial charge in [-0.05, 0) is 27.8 Å². The lowest BCUT2D eigenvalue weighted by Crippen LogP contribution is -2.44. The minimum Gasteiger partial charge on any atom is -0.301 e. The van der Waals surface area contributed by atoms with Crippen LogP contribution in [0.5, 0.6) is 0 Å². The standard InChI is InChI=1S/C10H18N2/c1-6-9(7-2)10(11-5)12-8(3)4/h1,7-8,10-12H,2-5H3/b9-7-. The van der Waals surface area contributed by atoms with Crippen LogP contribution < -0.4 is 10.6 Å². The lowest BCUT2D eigenvalue weighted by molar-refractivity contribution is 0.469. The van der Waals surface area contributed by atoms with Gasteiger partial charge < -0.3 is 5.32 Å². The summed E-state index contributed by atoms with van der Waals surface area (Å²) in [6.45, 7) is 6.13. The third-order valence-electron chi connectivity index (χ3n) is 1.58. The highest BCUT2D eigenvalue weighted by Gasteiger charge is 2.09. The van der Waals surface area contributed by atoms with Gasteiger partial charge in [0.1, 0.15) is 0 Å². The van der Waals surface area contributed by atoms with E-state index in [1.165, 1.54) is 0 Å². The van der Waals surface area contributed by atoms with Gasteiger partial charge >= 0.3 is 0 Å². The predicted molar refractivity (Wildman–Crippen MR) is 53.7 cm³/mol. The van der Waals surface area contributed by atoms with Gasteiger partial charge in [0, 0.05) is 11.6 Å². The maximum absolute atomic E-state index is 5.34. The highest BCUT2D eigenvalue weighted by molar-refractivity contribution is 5.29. The summed E-state index contributed by atoms with van der Waals surface area (Å²) in [6, 6.07) is 0.422. The van der Waals surface area contributed by atoms with Crippen LogP contribution in [0.25, 0.3) is 0 Å². The average molecular weight is 166 g/mol. The molecule has 0 radical (unpaired) electrons. The summed E-state index contributed by atoms with van der Waals surface area (Å²) >= 11 is 0. The quantitative estimate of drug-likeness (QED) is 0.483. The maximum Gasteiger partial charge on any atom is 0.0911 e. The highest BCUT2D eigenvalue weighted by atomic mass is 15.1. The van der Waals surface area contributed by atoms with E-state index in [9.17, 15) is 0 Å². The third kappa shape index (κ3) is 3.56. The van der Waals surface area contributed by atoms with Crippen molar-refractivity contribution in [3.8, 4) is 12.3 Å². The Labute approximate surface area is 75.4 Å². The topological polar surface area (TPSA) is 24.1 Å². The first kappa shape index (κ1) is 11.2. The van der Waals surface area contributed by atoms with Gasteiger partial charge in [0.05, 0.1) is 6.17 Å². The molecule has 0 spiro atoms. The number of likely N-dealkylation sites (N-methyl/N-ethyl adjacent to an activating group) is 1. The van der Waals surface area contributed by atoms with Gasteiger partial charge in [0.25, 0.3) is 0 Å². The normalized spacial score (nSPS) is 14.5. The molecular formula is C10H18N2. The molecule has 0 bridgehead atoms. The molecule has 0 fully saturated rings. The molecule has 2 nitrogen and oxygen atoms in total. The summed E-state index contributed by atoms with van der Waals surface area (Å²) in [5.74, 6) is 2.64. The molecule has 1 atom stereocenters. The molecule has 0 rings (SSSR count). The molecule has 0 amide bonds. The number of terminal acetylenes is 1. The molecule has 0 aromatic rings. The zero-order chi connectivity index (χ0) is 9.56. The predicted octanol–water partition coefficient (Wildman–Crippen LogP) is 1.11. The van der Waals surface area contributed by atoms with E-state index < -0.39 is 0 Å². The van der Waals surface area contributed by atoms with E-state index in [1.54, 1.807) is 0 Å². The van der Waals surface area contributed by atoms with Crippen molar-refractivity contribution < 1.29 is 0 Å². The van der Waals surface area contributed by atoms with Crippen LogP contribution in [0.3, 0.4) is 0 Å². The Morgan fingerprint density at radius 2 is 2.08 bits per heavy atom. The van der Waals surface area contributed by atoms with Crippen LogP contribution in [-0.4, -0.2) is 19.3 Å². The number of rotatable bonds is 4. The molecule has 2 N–H and O–H groups in total. The van der Waals surface area contributed by atoms with Crippen molar-refractivity contribution in [1.82, 2.24) is 10.6 Å². The average Bonchev–Trinajstić information content (AvgIpc) is 2.04. The largest absolute Gasteiger partial charge is 0.301 e. The fraction of sp³-hybridized carbons (Fsp3) is 0.600. The molecule has 0 aromatic heterocycles. The summed E-state index contributed by atoms with van der Waals surface area (Å²) in [6.07, 6.45) is 7.38. The van der Waals surface area contributed by atoms with E-state index in [1.807, 2.05) is 20.0 Å². The molecule has 2 heteroatoms. The molecule has 0 aromatic carbocycles. The van der Waals surface area contributed by atoms with E-state index in [-0.39, 0.29) is 6.17 Å². The smallest absolute Gasteiger partial charge is 0.0911 e. The van der Waals surface area contributed by atoms with Crippen molar-refractivity contribution in [2.45, 2.75) is 33.0 Å². The van der Waals surface area contributed by atoms with Gasteiger partial charge in [-0.1, -0.05) is 12.0 Å². The van der Waals surface area contributed by atoms with Crippen LogP contribution in [0.15, 0.2) is 11.6 Å². The number of hydrogen-bond donors (Lipinski definition) is 2. The molecule has 68 valence electrons. The summed E-state index contributed by atoms with van der Waals surface area (Å²) in [7, 11) is 1.89. The van der Waals surface area contributed by atoms with Crippen molar-refractivity contribution >= 4 is 0 Å². The van der Waals surface area contributed by atoms with Crippen molar-refractivity contribution in [3.63, 3.8) is 0 Å². The summed E-state index contributed by atoms with van der Waals surface area (Å²) < 4.78 is 0. The van der Waals surface area contributed by atoms with Crippen LogP contribution in [0.4, 0.5) is 0 Å². The maximum atomic E-state index is 5.34. The molecule has 12 heavy (non-hydrogen) atoms. The van der Waals surface area contributed by atoms with E-state index in [0.29, 0.717) is 6.04 Å². The Kier molecular flexibility index (Phi) is 5.44. The number of hydrogen-bond acceptors (Lipinski definition) is 2. The van der Waals surface area contributed by atoms with Crippen LogP contribution in [0.2, 0.25) is 0 Å². The molecule has 1 unspecified atom stereocenters. The molecular weight excluding hydrogens is 148 g/mol. The Hall–Kier alpha value is -0.780. The first-order valence-corrected chi connectivity index (χ1v) is 4.21. The first-order valence-electron chi connectivity index (χ1n) is 4.21. The fourth-order valence-electron chi connectivity index (χ4n) is 0.995. The third-order valence-corrected chi connectivity index (χ3v) is 1.58. The SMILES string of the molecule is C#C/C(=C/C)C(NC)NC(C)C. The van der Waals surface area contributed by atoms with Crippen LogP contribution >= 0.6 is 0 Å². The summed E-state index contributed by atoms with van der Waals surface area (Å²) in [5.41, 5.74) is 0.950. The Bertz CT molecular complexity index is 187. The van der Waals surface area contributed by atoms with Gasteiger partial charge in [0.2, 0.25) is 0 Å². The second kappa shape index (κ2) is 5.82. The zero-order valence-corrected chi connectivity index (χ0v) is 8.31. The Balaban J connectivity index is 4.25. The minimum atomic E-state index is 0.0972. The van der Waals surface area contributed by atoms with Crippen molar-refractivity contribution in [2.75, 3.05) is 7.05 Å². The minimum absolute atomic E-state index is 0.0972.